The Morgan fingerprint density at radius 3 is 2.41 bits per heavy atom. The summed E-state index contributed by atoms with van der Waals surface area (Å²) in [4.78, 5) is 0. The summed E-state index contributed by atoms with van der Waals surface area (Å²) in [6.45, 7) is 2.19. The Bertz CT molecular complexity index is 475. The van der Waals surface area contributed by atoms with Crippen LogP contribution < -0.4 is 11.1 Å². The van der Waals surface area contributed by atoms with E-state index in [1.165, 1.54) is 12.0 Å². The number of aryl methyl sites for hydroxylation is 1. The molecule has 17 heavy (non-hydrogen) atoms. The Morgan fingerprint density at radius 2 is 1.76 bits per heavy atom. The van der Waals surface area contributed by atoms with Crippen LogP contribution in [0.4, 0.5) is 17.1 Å². The summed E-state index contributed by atoms with van der Waals surface area (Å²) in [6.07, 6.45) is 2.32. The molecular weight excluding hydrogens is 208 g/mol. The van der Waals surface area contributed by atoms with Gasteiger partial charge in [0.2, 0.25) is 0 Å². The van der Waals surface area contributed by atoms with Gasteiger partial charge in [-0.25, -0.2) is 0 Å². The molecule has 0 heterocycles. The molecule has 2 aromatic rings. The molecule has 2 heteroatoms. The summed E-state index contributed by atoms with van der Waals surface area (Å²) < 4.78 is 0. The maximum absolute atomic E-state index is 5.74. The van der Waals surface area contributed by atoms with Crippen molar-refractivity contribution in [3.8, 4) is 0 Å². The summed E-state index contributed by atoms with van der Waals surface area (Å²) in [7, 11) is 0. The maximum Gasteiger partial charge on any atom is 0.0404 e. The first-order valence-corrected chi connectivity index (χ1v) is 5.99. The molecule has 88 valence electrons. The van der Waals surface area contributed by atoms with Crippen molar-refractivity contribution < 1.29 is 0 Å². The van der Waals surface area contributed by atoms with Crippen LogP contribution in [0, 0.1) is 0 Å². The van der Waals surface area contributed by atoms with Gasteiger partial charge in [0.1, 0.15) is 0 Å². The molecule has 0 atom stereocenters. The molecule has 0 aliphatic heterocycles. The first-order valence-electron chi connectivity index (χ1n) is 5.99. The van der Waals surface area contributed by atoms with Gasteiger partial charge < -0.3 is 11.1 Å². The Balaban J connectivity index is 2.08. The third-order valence-corrected chi connectivity index (χ3v) is 2.67. The molecule has 0 spiro atoms. The smallest absolute Gasteiger partial charge is 0.0404 e. The molecule has 2 rings (SSSR count). The highest BCUT2D eigenvalue weighted by molar-refractivity contribution is 5.63. The average molecular weight is 226 g/mol. The van der Waals surface area contributed by atoms with Crippen molar-refractivity contribution in [1.29, 1.82) is 0 Å². The minimum atomic E-state index is 0.776. The fraction of sp³-hybridized carbons (Fsp3) is 0.200. The lowest BCUT2D eigenvalue weighted by Gasteiger charge is -2.08. The van der Waals surface area contributed by atoms with E-state index in [-0.39, 0.29) is 0 Å². The van der Waals surface area contributed by atoms with Crippen LogP contribution in [0.3, 0.4) is 0 Å². The fourth-order valence-electron chi connectivity index (χ4n) is 1.83. The molecule has 0 amide bonds. The van der Waals surface area contributed by atoms with E-state index in [4.69, 9.17) is 5.73 Å². The van der Waals surface area contributed by atoms with Crippen molar-refractivity contribution in [1.82, 2.24) is 0 Å². The van der Waals surface area contributed by atoms with Crippen molar-refractivity contribution in [3.63, 3.8) is 0 Å². The summed E-state index contributed by atoms with van der Waals surface area (Å²) >= 11 is 0. The normalized spacial score (nSPS) is 10.2. The first kappa shape index (κ1) is 11.5. The van der Waals surface area contributed by atoms with Gasteiger partial charge in [0.25, 0.3) is 0 Å². The lowest BCUT2D eigenvalue weighted by atomic mass is 10.1. The van der Waals surface area contributed by atoms with Gasteiger partial charge in [0.15, 0.2) is 0 Å². The highest BCUT2D eigenvalue weighted by Gasteiger charge is 1.96. The second-order valence-corrected chi connectivity index (χ2v) is 4.20. The third-order valence-electron chi connectivity index (χ3n) is 2.67. The average Bonchev–Trinajstić information content (AvgIpc) is 2.32. The van der Waals surface area contributed by atoms with Gasteiger partial charge in [-0.1, -0.05) is 31.5 Å². The van der Waals surface area contributed by atoms with Crippen molar-refractivity contribution >= 4 is 17.1 Å². The van der Waals surface area contributed by atoms with Crippen LogP contribution in [0.15, 0.2) is 48.5 Å². The lowest BCUT2D eigenvalue weighted by Crippen LogP contribution is -1.92. The number of hydrogen-bond donors (Lipinski definition) is 2. The Labute approximate surface area is 102 Å². The number of nitrogens with one attached hydrogen (secondary N) is 1. The SMILES string of the molecule is CCCc1ccc(Nc2cccc(N)c2)cc1. The predicted molar refractivity (Wildman–Crippen MR) is 74.6 cm³/mol. The number of anilines is 3. The number of nitrogen functional groups attached to an aromatic ring is 1. The number of rotatable bonds is 4. The number of benzene rings is 2. The predicted octanol–water partition coefficient (Wildman–Crippen LogP) is 3.96. The van der Waals surface area contributed by atoms with Crippen molar-refractivity contribution in [2.75, 3.05) is 11.1 Å². The van der Waals surface area contributed by atoms with Crippen LogP contribution in [0.25, 0.3) is 0 Å². The van der Waals surface area contributed by atoms with E-state index in [1.54, 1.807) is 0 Å². The minimum absolute atomic E-state index is 0.776. The molecule has 2 nitrogen and oxygen atoms in total. The standard InChI is InChI=1S/C15H18N2/c1-2-4-12-7-9-14(10-8-12)17-15-6-3-5-13(16)11-15/h3,5-11,17H,2,4,16H2,1H3. The minimum Gasteiger partial charge on any atom is -0.399 e. The van der Waals surface area contributed by atoms with Gasteiger partial charge in [-0.15, -0.1) is 0 Å². The molecule has 0 fully saturated rings. The van der Waals surface area contributed by atoms with E-state index in [9.17, 15) is 0 Å². The van der Waals surface area contributed by atoms with Crippen molar-refractivity contribution in [2.24, 2.45) is 0 Å². The molecular formula is C15H18N2. The Morgan fingerprint density at radius 1 is 1.00 bits per heavy atom. The van der Waals surface area contributed by atoms with Gasteiger partial charge >= 0.3 is 0 Å². The molecule has 0 bridgehead atoms. The highest BCUT2D eigenvalue weighted by atomic mass is 14.9. The molecule has 0 saturated carbocycles. The van der Waals surface area contributed by atoms with Crippen LogP contribution in [-0.4, -0.2) is 0 Å². The van der Waals surface area contributed by atoms with Crippen LogP contribution >= 0.6 is 0 Å². The Kier molecular flexibility index (Phi) is 3.66. The zero-order valence-corrected chi connectivity index (χ0v) is 10.1. The largest absolute Gasteiger partial charge is 0.399 e. The lowest BCUT2D eigenvalue weighted by molar-refractivity contribution is 0.922. The van der Waals surface area contributed by atoms with Gasteiger partial charge in [-0.3, -0.25) is 0 Å². The van der Waals surface area contributed by atoms with Crippen LogP contribution in [0.5, 0.6) is 0 Å². The summed E-state index contributed by atoms with van der Waals surface area (Å²) in [6, 6.07) is 16.3. The van der Waals surface area contributed by atoms with Gasteiger partial charge in [-0.05, 0) is 42.3 Å². The van der Waals surface area contributed by atoms with E-state index >= 15 is 0 Å². The van der Waals surface area contributed by atoms with Gasteiger partial charge in [0.05, 0.1) is 0 Å². The van der Waals surface area contributed by atoms with E-state index in [0.717, 1.165) is 23.5 Å². The Hall–Kier alpha value is -1.96. The zero-order chi connectivity index (χ0) is 12.1. The summed E-state index contributed by atoms with van der Waals surface area (Å²) in [5.41, 5.74) is 10.0. The summed E-state index contributed by atoms with van der Waals surface area (Å²) in [5.74, 6) is 0. The molecule has 0 aromatic heterocycles. The topological polar surface area (TPSA) is 38.0 Å². The fourth-order valence-corrected chi connectivity index (χ4v) is 1.83. The summed E-state index contributed by atoms with van der Waals surface area (Å²) in [5, 5.41) is 3.33. The molecule has 0 aliphatic rings. The van der Waals surface area contributed by atoms with Gasteiger partial charge in [-0.2, -0.15) is 0 Å². The van der Waals surface area contributed by atoms with Crippen LogP contribution in [-0.2, 0) is 6.42 Å². The molecule has 0 unspecified atom stereocenters. The van der Waals surface area contributed by atoms with E-state index in [0.29, 0.717) is 0 Å². The van der Waals surface area contributed by atoms with Gasteiger partial charge in [0, 0.05) is 17.1 Å². The van der Waals surface area contributed by atoms with Crippen molar-refractivity contribution in [3.05, 3.63) is 54.1 Å². The first-order chi connectivity index (χ1) is 8.28. The third kappa shape index (κ3) is 3.25. The highest BCUT2D eigenvalue weighted by Crippen LogP contribution is 2.19. The monoisotopic (exact) mass is 226 g/mol. The van der Waals surface area contributed by atoms with E-state index < -0.39 is 0 Å². The molecule has 0 aliphatic carbocycles. The van der Waals surface area contributed by atoms with Crippen LogP contribution in [0.2, 0.25) is 0 Å². The molecule has 2 aromatic carbocycles. The number of hydrogen-bond acceptors (Lipinski definition) is 2. The molecule has 3 N–H and O–H groups in total. The van der Waals surface area contributed by atoms with Crippen LogP contribution in [0.1, 0.15) is 18.9 Å². The van der Waals surface area contributed by atoms with E-state index in [1.807, 2.05) is 24.3 Å². The second-order valence-electron chi connectivity index (χ2n) is 4.20. The zero-order valence-electron chi connectivity index (χ0n) is 10.1. The maximum atomic E-state index is 5.74. The van der Waals surface area contributed by atoms with E-state index in [2.05, 4.69) is 36.5 Å². The molecule has 0 saturated heterocycles. The van der Waals surface area contributed by atoms with Crippen molar-refractivity contribution in [2.45, 2.75) is 19.8 Å². The number of nitrogens with two attached hydrogens (primary N) is 1. The molecule has 0 radical (unpaired) electrons. The second kappa shape index (κ2) is 5.39. The quantitative estimate of drug-likeness (QED) is 0.774.